The number of ether oxygens (including phenoxy) is 1. The highest BCUT2D eigenvalue weighted by Crippen LogP contribution is 2.23. The van der Waals surface area contributed by atoms with E-state index in [0.29, 0.717) is 12.2 Å². The van der Waals surface area contributed by atoms with Crippen molar-refractivity contribution in [1.82, 2.24) is 14.7 Å². The fraction of sp³-hybridized carbons (Fsp3) is 0.158. The maximum Gasteiger partial charge on any atom is 0.573 e. The second kappa shape index (κ2) is 8.58. The third-order valence-electron chi connectivity index (χ3n) is 3.81. The average Bonchev–Trinajstić information content (AvgIpc) is 2.68. The van der Waals surface area contributed by atoms with E-state index in [1.807, 2.05) is 30.3 Å². The van der Waals surface area contributed by atoms with Crippen LogP contribution in [0.5, 0.6) is 5.75 Å². The lowest BCUT2D eigenvalue weighted by molar-refractivity contribution is -0.274. The van der Waals surface area contributed by atoms with E-state index in [0.717, 1.165) is 35.4 Å². The lowest BCUT2D eigenvalue weighted by Crippen LogP contribution is -2.26. The Morgan fingerprint density at radius 1 is 0.931 bits per heavy atom. The molecule has 3 aromatic rings. The average molecular weight is 423 g/mol. The predicted molar refractivity (Wildman–Crippen MR) is 99.5 cm³/mol. The molecule has 1 aromatic heterocycles. The molecule has 0 bridgehead atoms. The van der Waals surface area contributed by atoms with Crippen LogP contribution in [-0.4, -0.2) is 31.3 Å². The maximum absolute atomic E-state index is 12.3. The Bertz CT molecular complexity index is 1040. The van der Waals surface area contributed by atoms with Gasteiger partial charge in [-0.15, -0.1) is 13.2 Å². The van der Waals surface area contributed by atoms with Crippen LogP contribution >= 0.6 is 0 Å². The summed E-state index contributed by atoms with van der Waals surface area (Å²) in [5, 5.41) is 0. The van der Waals surface area contributed by atoms with Crippen LogP contribution in [0.1, 0.15) is 5.56 Å². The summed E-state index contributed by atoms with van der Waals surface area (Å²) in [6.45, 7) is 0.0805. The highest BCUT2D eigenvalue weighted by atomic mass is 32.2. The monoisotopic (exact) mass is 423 g/mol. The molecule has 6 nitrogen and oxygen atoms in total. The summed E-state index contributed by atoms with van der Waals surface area (Å²) in [7, 11) is -3.87. The first-order chi connectivity index (χ1) is 13.7. The zero-order valence-electron chi connectivity index (χ0n) is 14.9. The van der Waals surface area contributed by atoms with Gasteiger partial charge in [0.15, 0.2) is 5.82 Å². The number of rotatable bonds is 7. The summed E-state index contributed by atoms with van der Waals surface area (Å²) >= 11 is 0. The molecule has 0 amide bonds. The van der Waals surface area contributed by atoms with Crippen molar-refractivity contribution >= 4 is 10.0 Å². The van der Waals surface area contributed by atoms with Gasteiger partial charge >= 0.3 is 6.36 Å². The minimum atomic E-state index is -4.84. The molecule has 1 N–H and O–H groups in total. The molecule has 0 spiro atoms. The molecule has 0 aliphatic carbocycles. The van der Waals surface area contributed by atoms with Gasteiger partial charge in [0.1, 0.15) is 5.75 Å². The predicted octanol–water partition coefficient (Wildman–Crippen LogP) is 3.56. The van der Waals surface area contributed by atoms with E-state index in [1.165, 1.54) is 0 Å². The molecule has 0 saturated carbocycles. The molecule has 0 aliphatic heterocycles. The van der Waals surface area contributed by atoms with E-state index in [9.17, 15) is 21.6 Å². The molecule has 10 heteroatoms. The van der Waals surface area contributed by atoms with Gasteiger partial charge < -0.3 is 4.74 Å². The van der Waals surface area contributed by atoms with Crippen molar-refractivity contribution in [2.75, 3.05) is 6.54 Å². The highest BCUT2D eigenvalue weighted by Gasteiger charge is 2.31. The molecule has 0 atom stereocenters. The molecule has 3 rings (SSSR count). The summed E-state index contributed by atoms with van der Waals surface area (Å²) < 4.78 is 67.1. The molecule has 0 aliphatic rings. The highest BCUT2D eigenvalue weighted by molar-refractivity contribution is 7.89. The van der Waals surface area contributed by atoms with Crippen LogP contribution < -0.4 is 9.46 Å². The first-order valence-electron chi connectivity index (χ1n) is 8.45. The number of hydrogen-bond donors (Lipinski definition) is 1. The number of halogens is 3. The van der Waals surface area contributed by atoms with E-state index in [4.69, 9.17) is 0 Å². The quantitative estimate of drug-likeness (QED) is 0.629. The number of hydrogen-bond acceptors (Lipinski definition) is 5. The van der Waals surface area contributed by atoms with Gasteiger partial charge in [0.2, 0.25) is 10.0 Å². The minimum absolute atomic E-state index is 0.0805. The van der Waals surface area contributed by atoms with Crippen LogP contribution in [0.3, 0.4) is 0 Å². The first kappa shape index (κ1) is 20.7. The van der Waals surface area contributed by atoms with Crippen molar-refractivity contribution in [3.05, 3.63) is 72.6 Å². The molecule has 29 heavy (non-hydrogen) atoms. The standard InChI is InChI=1S/C19H16F3N3O3S/c20-19(21,22)28-16-6-8-17(9-7-16)29(26,27)25-11-10-14-12-23-18(24-13-14)15-4-2-1-3-5-15/h1-9,12-13,25H,10-11H2. The molecule has 2 aromatic carbocycles. The summed E-state index contributed by atoms with van der Waals surface area (Å²) in [5.41, 5.74) is 1.61. The Morgan fingerprint density at radius 3 is 2.14 bits per heavy atom. The van der Waals surface area contributed by atoms with Crippen LogP contribution in [0.4, 0.5) is 13.2 Å². The zero-order chi connectivity index (χ0) is 20.9. The van der Waals surface area contributed by atoms with Crippen LogP contribution in [0.25, 0.3) is 11.4 Å². The van der Waals surface area contributed by atoms with E-state index < -0.39 is 22.1 Å². The Labute approximate surface area is 165 Å². The SMILES string of the molecule is O=S(=O)(NCCc1cnc(-c2ccccc2)nc1)c1ccc(OC(F)(F)F)cc1. The molecule has 0 unspecified atom stereocenters. The van der Waals surface area contributed by atoms with Crippen LogP contribution in [0, 0.1) is 0 Å². The fourth-order valence-corrected chi connectivity index (χ4v) is 3.49. The van der Waals surface area contributed by atoms with Gasteiger partial charge in [-0.25, -0.2) is 23.1 Å². The lowest BCUT2D eigenvalue weighted by atomic mass is 10.2. The minimum Gasteiger partial charge on any atom is -0.406 e. The molecule has 0 fully saturated rings. The number of benzene rings is 2. The fourth-order valence-electron chi connectivity index (χ4n) is 2.45. The van der Waals surface area contributed by atoms with E-state index >= 15 is 0 Å². The summed E-state index contributed by atoms with van der Waals surface area (Å²) in [6, 6.07) is 13.4. The van der Waals surface area contributed by atoms with Crippen molar-refractivity contribution in [1.29, 1.82) is 0 Å². The van der Waals surface area contributed by atoms with Gasteiger partial charge in [-0.1, -0.05) is 30.3 Å². The van der Waals surface area contributed by atoms with Crippen molar-refractivity contribution < 1.29 is 26.3 Å². The van der Waals surface area contributed by atoms with Crippen molar-refractivity contribution in [3.8, 4) is 17.1 Å². The molecular weight excluding hydrogens is 407 g/mol. The topological polar surface area (TPSA) is 81.2 Å². The number of sulfonamides is 1. The second-order valence-electron chi connectivity index (χ2n) is 5.95. The Morgan fingerprint density at radius 2 is 1.55 bits per heavy atom. The third kappa shape index (κ3) is 6.00. The van der Waals surface area contributed by atoms with E-state index in [-0.39, 0.29) is 11.4 Å². The Kier molecular flexibility index (Phi) is 6.14. The van der Waals surface area contributed by atoms with Gasteiger partial charge in [0.05, 0.1) is 4.90 Å². The summed E-state index contributed by atoms with van der Waals surface area (Å²) in [6.07, 6.45) is -1.25. The number of aromatic nitrogens is 2. The molecule has 152 valence electrons. The van der Waals surface area contributed by atoms with E-state index in [2.05, 4.69) is 19.4 Å². The summed E-state index contributed by atoms with van der Waals surface area (Å²) in [5.74, 6) is 0.0724. The van der Waals surface area contributed by atoms with Crippen molar-refractivity contribution in [2.24, 2.45) is 0 Å². The van der Waals surface area contributed by atoms with Gasteiger partial charge in [-0.2, -0.15) is 0 Å². The maximum atomic E-state index is 12.3. The second-order valence-corrected chi connectivity index (χ2v) is 7.71. The third-order valence-corrected chi connectivity index (χ3v) is 5.29. The summed E-state index contributed by atoms with van der Waals surface area (Å²) in [4.78, 5) is 8.37. The normalized spacial score (nSPS) is 12.0. The van der Waals surface area contributed by atoms with Crippen LogP contribution in [-0.2, 0) is 16.4 Å². The first-order valence-corrected chi connectivity index (χ1v) is 9.93. The van der Waals surface area contributed by atoms with Gasteiger partial charge in [-0.05, 0) is 36.2 Å². The van der Waals surface area contributed by atoms with Crippen LogP contribution in [0.2, 0.25) is 0 Å². The largest absolute Gasteiger partial charge is 0.573 e. The Hall–Kier alpha value is -2.98. The number of nitrogens with zero attached hydrogens (tertiary/aromatic N) is 2. The van der Waals surface area contributed by atoms with Gasteiger partial charge in [-0.3, -0.25) is 0 Å². The lowest BCUT2D eigenvalue weighted by Gasteiger charge is -2.10. The van der Waals surface area contributed by atoms with Gasteiger partial charge in [0.25, 0.3) is 0 Å². The number of nitrogens with one attached hydrogen (secondary N) is 1. The van der Waals surface area contributed by atoms with Gasteiger partial charge in [0, 0.05) is 24.5 Å². The molecule has 1 heterocycles. The van der Waals surface area contributed by atoms with Crippen molar-refractivity contribution in [2.45, 2.75) is 17.7 Å². The smallest absolute Gasteiger partial charge is 0.406 e. The van der Waals surface area contributed by atoms with Crippen LogP contribution in [0.15, 0.2) is 71.9 Å². The molecular formula is C19H16F3N3O3S. The van der Waals surface area contributed by atoms with E-state index in [1.54, 1.807) is 12.4 Å². The zero-order valence-corrected chi connectivity index (χ0v) is 15.7. The molecule has 0 saturated heterocycles. The Balaban J connectivity index is 1.56. The number of alkyl halides is 3. The molecule has 0 radical (unpaired) electrons. The van der Waals surface area contributed by atoms with Crippen molar-refractivity contribution in [3.63, 3.8) is 0 Å².